The molecule has 1 saturated carbocycles. The summed E-state index contributed by atoms with van der Waals surface area (Å²) in [4.78, 5) is 0. The van der Waals surface area contributed by atoms with E-state index in [1.54, 1.807) is 0 Å². The lowest BCUT2D eigenvalue weighted by atomic mass is 10.2. The van der Waals surface area contributed by atoms with Crippen molar-refractivity contribution in [3.8, 4) is 0 Å². The Kier molecular flexibility index (Phi) is 4.45. The summed E-state index contributed by atoms with van der Waals surface area (Å²) >= 11 is 0. The van der Waals surface area contributed by atoms with Gasteiger partial charge >= 0.3 is 0 Å². The molecule has 0 heterocycles. The molecule has 2 nitrogen and oxygen atoms in total. The molecular formula is C21H28O2Si. The van der Waals surface area contributed by atoms with Crippen LogP contribution < -0.4 is 10.4 Å². The Morgan fingerprint density at radius 1 is 1.00 bits per heavy atom. The smallest absolute Gasteiger partial charge is 0.261 e. The SMILES string of the molecule is C[C@H]1C[C@]1(O)CO[Si](c1ccccc1)(c1ccccc1)C(C)(C)C. The van der Waals surface area contributed by atoms with Gasteiger partial charge in [0, 0.05) is 0 Å². The first-order valence-electron chi connectivity index (χ1n) is 8.77. The van der Waals surface area contributed by atoms with Gasteiger partial charge in [-0.3, -0.25) is 0 Å². The second-order valence-corrected chi connectivity index (χ2v) is 12.5. The van der Waals surface area contributed by atoms with E-state index in [-0.39, 0.29) is 5.04 Å². The Labute approximate surface area is 146 Å². The van der Waals surface area contributed by atoms with Crippen molar-refractivity contribution in [2.75, 3.05) is 6.61 Å². The zero-order valence-electron chi connectivity index (χ0n) is 15.1. The molecule has 3 heteroatoms. The first-order chi connectivity index (χ1) is 11.3. The molecule has 0 amide bonds. The zero-order chi connectivity index (χ0) is 17.4. The summed E-state index contributed by atoms with van der Waals surface area (Å²) in [7, 11) is -2.51. The maximum atomic E-state index is 10.6. The number of hydrogen-bond donors (Lipinski definition) is 1. The van der Waals surface area contributed by atoms with Crippen molar-refractivity contribution in [3.63, 3.8) is 0 Å². The Morgan fingerprint density at radius 2 is 1.42 bits per heavy atom. The predicted octanol–water partition coefficient (Wildman–Crippen LogP) is 3.33. The molecule has 2 aromatic rings. The fourth-order valence-electron chi connectivity index (χ4n) is 3.67. The lowest BCUT2D eigenvalue weighted by molar-refractivity contribution is 0.0686. The molecule has 1 aliphatic rings. The summed E-state index contributed by atoms with van der Waals surface area (Å²) in [6.07, 6.45) is 0.838. The van der Waals surface area contributed by atoms with Crippen LogP contribution in [0.5, 0.6) is 0 Å². The second kappa shape index (κ2) is 6.14. The van der Waals surface area contributed by atoms with Crippen LogP contribution in [0.4, 0.5) is 0 Å². The molecule has 0 saturated heterocycles. The van der Waals surface area contributed by atoms with Gasteiger partial charge in [-0.05, 0) is 27.8 Å². The van der Waals surface area contributed by atoms with Crippen molar-refractivity contribution in [1.29, 1.82) is 0 Å². The normalized spacial score (nSPS) is 24.0. The first-order valence-corrected chi connectivity index (χ1v) is 10.7. The van der Waals surface area contributed by atoms with Crippen LogP contribution in [0.15, 0.2) is 60.7 Å². The summed E-state index contributed by atoms with van der Waals surface area (Å²) in [6.45, 7) is 9.30. The molecule has 0 radical (unpaired) electrons. The van der Waals surface area contributed by atoms with Crippen molar-refractivity contribution in [1.82, 2.24) is 0 Å². The van der Waals surface area contributed by atoms with E-state index in [1.807, 2.05) is 12.1 Å². The average Bonchev–Trinajstić information content (AvgIpc) is 3.16. The lowest BCUT2D eigenvalue weighted by Gasteiger charge is -2.43. The molecular weight excluding hydrogens is 312 g/mol. The molecule has 2 atom stereocenters. The first kappa shape index (κ1) is 17.4. The molecule has 24 heavy (non-hydrogen) atoms. The van der Waals surface area contributed by atoms with Crippen LogP contribution in [0.2, 0.25) is 5.04 Å². The number of aliphatic hydroxyl groups is 1. The number of rotatable bonds is 5. The van der Waals surface area contributed by atoms with E-state index in [0.29, 0.717) is 12.5 Å². The molecule has 128 valence electrons. The van der Waals surface area contributed by atoms with Crippen LogP contribution in [-0.2, 0) is 4.43 Å². The maximum Gasteiger partial charge on any atom is 0.261 e. The predicted molar refractivity (Wildman–Crippen MR) is 102 cm³/mol. The third-order valence-electron chi connectivity index (χ3n) is 5.37. The molecule has 0 unspecified atom stereocenters. The van der Waals surface area contributed by atoms with Crippen LogP contribution in [0.1, 0.15) is 34.1 Å². The summed E-state index contributed by atoms with van der Waals surface area (Å²) in [5.41, 5.74) is -0.646. The molecule has 2 aromatic carbocycles. The minimum atomic E-state index is -2.51. The van der Waals surface area contributed by atoms with Gasteiger partial charge in [0.1, 0.15) is 0 Å². The molecule has 0 aromatic heterocycles. The Balaban J connectivity index is 2.10. The fraction of sp³-hybridized carbons (Fsp3) is 0.429. The third-order valence-corrected chi connectivity index (χ3v) is 10.4. The quantitative estimate of drug-likeness (QED) is 0.846. The Bertz CT molecular complexity index is 638. The minimum absolute atomic E-state index is 0.0375. The zero-order valence-corrected chi connectivity index (χ0v) is 16.1. The highest BCUT2D eigenvalue weighted by Crippen LogP contribution is 2.45. The van der Waals surface area contributed by atoms with Gasteiger partial charge in [0.25, 0.3) is 8.32 Å². The van der Waals surface area contributed by atoms with E-state index in [4.69, 9.17) is 4.43 Å². The van der Waals surface area contributed by atoms with Gasteiger partial charge in [-0.25, -0.2) is 0 Å². The fourth-order valence-corrected chi connectivity index (χ4v) is 8.29. The van der Waals surface area contributed by atoms with Crippen LogP contribution in [0.3, 0.4) is 0 Å². The van der Waals surface area contributed by atoms with Gasteiger partial charge in [0.15, 0.2) is 0 Å². The summed E-state index contributed by atoms with van der Waals surface area (Å²) in [6, 6.07) is 21.2. The van der Waals surface area contributed by atoms with E-state index in [1.165, 1.54) is 10.4 Å². The largest absolute Gasteiger partial charge is 0.404 e. The van der Waals surface area contributed by atoms with Gasteiger partial charge in [-0.1, -0.05) is 88.4 Å². The molecule has 1 N–H and O–H groups in total. The van der Waals surface area contributed by atoms with E-state index in [0.717, 1.165) is 6.42 Å². The van der Waals surface area contributed by atoms with E-state index in [9.17, 15) is 5.11 Å². The maximum absolute atomic E-state index is 10.6. The lowest BCUT2D eigenvalue weighted by Crippen LogP contribution is -2.67. The van der Waals surface area contributed by atoms with E-state index >= 15 is 0 Å². The summed E-state index contributed by atoms with van der Waals surface area (Å²) in [5, 5.41) is 13.1. The Morgan fingerprint density at radius 3 is 1.75 bits per heavy atom. The van der Waals surface area contributed by atoms with Gasteiger partial charge in [0.05, 0.1) is 12.2 Å². The topological polar surface area (TPSA) is 29.5 Å². The number of hydrogen-bond acceptors (Lipinski definition) is 2. The molecule has 3 rings (SSSR count). The minimum Gasteiger partial charge on any atom is -0.404 e. The van der Waals surface area contributed by atoms with Crippen LogP contribution in [0, 0.1) is 5.92 Å². The van der Waals surface area contributed by atoms with E-state index in [2.05, 4.69) is 76.2 Å². The summed E-state index contributed by atoms with van der Waals surface area (Å²) in [5.74, 6) is 0.329. The van der Waals surface area contributed by atoms with Crippen molar-refractivity contribution < 1.29 is 9.53 Å². The van der Waals surface area contributed by atoms with Crippen molar-refractivity contribution >= 4 is 18.7 Å². The Hall–Kier alpha value is -1.42. The molecule has 0 spiro atoms. The van der Waals surface area contributed by atoms with Gasteiger partial charge in [0.2, 0.25) is 0 Å². The van der Waals surface area contributed by atoms with Crippen molar-refractivity contribution in [2.24, 2.45) is 5.92 Å². The molecule has 1 aliphatic carbocycles. The molecule has 0 bridgehead atoms. The third kappa shape index (κ3) is 2.96. The van der Waals surface area contributed by atoms with Gasteiger partial charge in [-0.15, -0.1) is 0 Å². The molecule has 1 fully saturated rings. The van der Waals surface area contributed by atoms with Crippen molar-refractivity contribution in [2.45, 2.75) is 44.8 Å². The second-order valence-electron chi connectivity index (χ2n) is 8.16. The van der Waals surface area contributed by atoms with Gasteiger partial charge < -0.3 is 9.53 Å². The van der Waals surface area contributed by atoms with Crippen LogP contribution >= 0.6 is 0 Å². The van der Waals surface area contributed by atoms with E-state index < -0.39 is 13.9 Å². The number of benzene rings is 2. The standard InChI is InChI=1S/C21H28O2Si/c1-17-15-21(17,22)16-23-24(20(2,3)4,18-11-7-5-8-12-18)19-13-9-6-10-14-19/h5-14,17,22H,15-16H2,1-4H3/t17-,21-/m0/s1. The highest BCUT2D eigenvalue weighted by atomic mass is 28.4. The van der Waals surface area contributed by atoms with Crippen LogP contribution in [-0.4, -0.2) is 25.6 Å². The highest BCUT2D eigenvalue weighted by Gasteiger charge is 2.55. The average molecular weight is 341 g/mol. The molecule has 0 aliphatic heterocycles. The monoisotopic (exact) mass is 340 g/mol. The van der Waals surface area contributed by atoms with Crippen molar-refractivity contribution in [3.05, 3.63) is 60.7 Å². The van der Waals surface area contributed by atoms with Gasteiger partial charge in [-0.2, -0.15) is 0 Å². The highest BCUT2D eigenvalue weighted by molar-refractivity contribution is 6.99. The summed E-state index contributed by atoms with van der Waals surface area (Å²) < 4.78 is 6.75. The van der Waals surface area contributed by atoms with Crippen LogP contribution in [0.25, 0.3) is 0 Å².